The van der Waals surface area contributed by atoms with Crippen molar-refractivity contribution >= 4 is 11.6 Å². The van der Waals surface area contributed by atoms with E-state index in [1.165, 1.54) is 11.1 Å². The highest BCUT2D eigenvalue weighted by Gasteiger charge is 2.08. The third-order valence-corrected chi connectivity index (χ3v) is 4.27. The van der Waals surface area contributed by atoms with E-state index in [9.17, 15) is 0 Å². The Bertz CT molecular complexity index is 986. The van der Waals surface area contributed by atoms with Crippen LogP contribution in [0.25, 0.3) is 0 Å². The van der Waals surface area contributed by atoms with Gasteiger partial charge in [0.25, 0.3) is 0 Å². The van der Waals surface area contributed by atoms with Gasteiger partial charge in [-0.1, -0.05) is 35.4 Å². The third-order valence-electron chi connectivity index (χ3n) is 4.27. The maximum absolute atomic E-state index is 6.06. The smallest absolute Gasteiger partial charge is 0.225 e. The second-order valence-corrected chi connectivity index (χ2v) is 6.76. The van der Waals surface area contributed by atoms with Gasteiger partial charge in [-0.2, -0.15) is 0 Å². The zero-order valence-corrected chi connectivity index (χ0v) is 17.2. The maximum Gasteiger partial charge on any atom is 0.225 e. The average molecular weight is 387 g/mol. The summed E-state index contributed by atoms with van der Waals surface area (Å²) < 4.78 is 17.1. The van der Waals surface area contributed by atoms with Crippen LogP contribution in [0.3, 0.4) is 0 Å². The topological polar surface area (TPSA) is 40.0 Å². The second-order valence-electron chi connectivity index (χ2n) is 6.76. The molecule has 4 nitrogen and oxygen atoms in total. The summed E-state index contributed by atoms with van der Waals surface area (Å²) >= 11 is 0. The van der Waals surface area contributed by atoms with Crippen LogP contribution in [0.1, 0.15) is 18.1 Å². The molecule has 3 aromatic carbocycles. The summed E-state index contributed by atoms with van der Waals surface area (Å²) in [5, 5.41) is 0. The number of aryl methyl sites for hydroxylation is 2. The van der Waals surface area contributed by atoms with Crippen molar-refractivity contribution in [2.45, 2.75) is 20.8 Å². The van der Waals surface area contributed by atoms with Crippen LogP contribution in [0.4, 0.5) is 5.69 Å². The molecule has 0 saturated heterocycles. The van der Waals surface area contributed by atoms with Gasteiger partial charge in [0.15, 0.2) is 0 Å². The lowest BCUT2D eigenvalue weighted by Crippen LogP contribution is -2.11. The summed E-state index contributed by atoms with van der Waals surface area (Å²) in [7, 11) is 1.63. The normalized spacial score (nSPS) is 11.9. The van der Waals surface area contributed by atoms with Crippen LogP contribution in [-0.4, -0.2) is 13.0 Å². The molecular formula is C25H25NO3. The molecule has 3 aromatic rings. The van der Waals surface area contributed by atoms with Crippen LogP contribution in [-0.2, 0) is 0 Å². The van der Waals surface area contributed by atoms with Crippen molar-refractivity contribution < 1.29 is 14.2 Å². The number of ether oxygens (including phenoxy) is 3. The van der Waals surface area contributed by atoms with Gasteiger partial charge >= 0.3 is 0 Å². The number of rotatable bonds is 6. The van der Waals surface area contributed by atoms with Crippen molar-refractivity contribution in [2.24, 2.45) is 4.99 Å². The number of methoxy groups -OCH3 is 1. The summed E-state index contributed by atoms with van der Waals surface area (Å²) in [5.41, 5.74) is 3.93. The molecule has 148 valence electrons. The Kier molecular flexibility index (Phi) is 6.69. The minimum absolute atomic E-state index is 0.464. The van der Waals surface area contributed by atoms with E-state index in [2.05, 4.69) is 4.99 Å². The van der Waals surface area contributed by atoms with E-state index in [0.29, 0.717) is 11.6 Å². The first-order chi connectivity index (χ1) is 14.0. The van der Waals surface area contributed by atoms with E-state index < -0.39 is 0 Å². The molecule has 0 atom stereocenters. The Morgan fingerprint density at radius 3 is 1.83 bits per heavy atom. The third kappa shape index (κ3) is 5.98. The van der Waals surface area contributed by atoms with Crippen LogP contribution in [0.2, 0.25) is 0 Å². The van der Waals surface area contributed by atoms with Gasteiger partial charge in [0, 0.05) is 5.57 Å². The van der Waals surface area contributed by atoms with Gasteiger partial charge in [-0.3, -0.25) is 0 Å². The summed E-state index contributed by atoms with van der Waals surface area (Å²) in [6.45, 7) is 5.99. The van der Waals surface area contributed by atoms with E-state index in [1.54, 1.807) is 13.4 Å². The molecule has 0 unspecified atom stereocenters. The summed E-state index contributed by atoms with van der Waals surface area (Å²) in [4.78, 5) is 4.68. The SMILES string of the molecule is COc1ccc(OC(=Nc2ccc(C)cc2)/C(C)=C/Oc2ccc(C)cc2)cc1. The Morgan fingerprint density at radius 1 is 0.724 bits per heavy atom. The number of benzene rings is 3. The van der Waals surface area contributed by atoms with Gasteiger partial charge in [0.05, 0.1) is 19.1 Å². The van der Waals surface area contributed by atoms with Gasteiger partial charge in [0.1, 0.15) is 17.2 Å². The first-order valence-corrected chi connectivity index (χ1v) is 9.41. The second kappa shape index (κ2) is 9.60. The molecule has 0 aliphatic heterocycles. The van der Waals surface area contributed by atoms with E-state index in [-0.39, 0.29) is 0 Å². The highest BCUT2D eigenvalue weighted by atomic mass is 16.5. The Balaban J connectivity index is 1.86. The van der Waals surface area contributed by atoms with E-state index in [0.717, 1.165) is 22.8 Å². The quantitative estimate of drug-likeness (QED) is 0.279. The molecule has 0 aromatic heterocycles. The van der Waals surface area contributed by atoms with Crippen molar-refractivity contribution in [3.63, 3.8) is 0 Å². The molecule has 29 heavy (non-hydrogen) atoms. The molecule has 0 fully saturated rings. The van der Waals surface area contributed by atoms with Crippen LogP contribution in [0, 0.1) is 13.8 Å². The van der Waals surface area contributed by atoms with Crippen molar-refractivity contribution in [2.75, 3.05) is 7.11 Å². The Morgan fingerprint density at radius 2 is 1.24 bits per heavy atom. The van der Waals surface area contributed by atoms with Crippen LogP contribution >= 0.6 is 0 Å². The summed E-state index contributed by atoms with van der Waals surface area (Å²) in [6.07, 6.45) is 1.65. The lowest BCUT2D eigenvalue weighted by molar-refractivity contribution is 0.414. The van der Waals surface area contributed by atoms with Gasteiger partial charge in [-0.15, -0.1) is 0 Å². The molecule has 0 aliphatic carbocycles. The number of aliphatic imine (C=N–C) groups is 1. The molecule has 0 saturated carbocycles. The monoisotopic (exact) mass is 387 g/mol. The summed E-state index contributed by atoms with van der Waals surface area (Å²) in [5.74, 6) is 2.66. The molecule has 0 amide bonds. The van der Waals surface area contributed by atoms with Crippen LogP contribution in [0.15, 0.2) is 89.6 Å². The largest absolute Gasteiger partial charge is 0.497 e. The zero-order chi connectivity index (χ0) is 20.6. The molecule has 4 heteroatoms. The zero-order valence-electron chi connectivity index (χ0n) is 17.2. The predicted molar refractivity (Wildman–Crippen MR) is 117 cm³/mol. The van der Waals surface area contributed by atoms with Crippen molar-refractivity contribution in [3.05, 3.63) is 95.8 Å². The lowest BCUT2D eigenvalue weighted by atomic mass is 10.2. The molecule has 0 N–H and O–H groups in total. The maximum atomic E-state index is 6.06. The molecular weight excluding hydrogens is 362 g/mol. The van der Waals surface area contributed by atoms with E-state index in [1.807, 2.05) is 93.6 Å². The fourth-order valence-electron chi connectivity index (χ4n) is 2.51. The van der Waals surface area contributed by atoms with Gasteiger partial charge in [-0.25, -0.2) is 4.99 Å². The van der Waals surface area contributed by atoms with Gasteiger partial charge in [-0.05, 0) is 69.3 Å². The number of hydrogen-bond donors (Lipinski definition) is 0. The summed E-state index contributed by atoms with van der Waals surface area (Å²) in [6, 6.07) is 23.2. The highest BCUT2D eigenvalue weighted by Crippen LogP contribution is 2.21. The minimum atomic E-state index is 0.464. The Labute approximate surface area is 172 Å². The first kappa shape index (κ1) is 20.2. The molecule has 0 radical (unpaired) electrons. The van der Waals surface area contributed by atoms with Crippen LogP contribution in [0.5, 0.6) is 17.2 Å². The van der Waals surface area contributed by atoms with Gasteiger partial charge in [0.2, 0.25) is 5.90 Å². The van der Waals surface area contributed by atoms with Crippen molar-refractivity contribution in [1.82, 2.24) is 0 Å². The van der Waals surface area contributed by atoms with Gasteiger partial charge < -0.3 is 14.2 Å². The Hall–Kier alpha value is -3.53. The predicted octanol–water partition coefficient (Wildman–Crippen LogP) is 6.40. The lowest BCUT2D eigenvalue weighted by Gasteiger charge is -2.11. The number of hydrogen-bond acceptors (Lipinski definition) is 4. The van der Waals surface area contributed by atoms with E-state index in [4.69, 9.17) is 14.2 Å². The first-order valence-electron chi connectivity index (χ1n) is 9.41. The van der Waals surface area contributed by atoms with Crippen LogP contribution < -0.4 is 14.2 Å². The molecule has 0 bridgehead atoms. The molecule has 0 spiro atoms. The molecule has 0 aliphatic rings. The van der Waals surface area contributed by atoms with Crippen molar-refractivity contribution in [1.29, 1.82) is 0 Å². The fourth-order valence-corrected chi connectivity index (χ4v) is 2.51. The molecule has 0 heterocycles. The fraction of sp³-hybridized carbons (Fsp3) is 0.160. The van der Waals surface area contributed by atoms with Crippen molar-refractivity contribution in [3.8, 4) is 17.2 Å². The standard InChI is InChI=1S/C25H25NO3/c1-18-5-9-21(10-6-18)26-25(29-24-15-13-22(27-4)14-16-24)20(3)17-28-23-11-7-19(2)8-12-23/h5-17H,1-4H3/b20-17+,26-25?. The van der Waals surface area contributed by atoms with E-state index >= 15 is 0 Å². The average Bonchev–Trinajstić information content (AvgIpc) is 2.74. The highest BCUT2D eigenvalue weighted by molar-refractivity contribution is 5.96. The number of nitrogens with zero attached hydrogens (tertiary/aromatic N) is 1. The molecule has 3 rings (SSSR count). The minimum Gasteiger partial charge on any atom is -0.497 e.